The molecule has 0 saturated carbocycles. The molecule has 0 bridgehead atoms. The van der Waals surface area contributed by atoms with Crippen molar-refractivity contribution in [3.05, 3.63) is 24.3 Å². The van der Waals surface area contributed by atoms with Gasteiger partial charge < -0.3 is 10.5 Å². The largest absolute Gasteiger partial charge is 0.424 e. The minimum absolute atomic E-state index is 0.123. The molecule has 0 aromatic heterocycles. The first-order valence-electron chi connectivity index (χ1n) is 3.43. The van der Waals surface area contributed by atoms with E-state index in [-0.39, 0.29) is 6.54 Å². The summed E-state index contributed by atoms with van der Waals surface area (Å²) in [6.45, 7) is -0.123. The molecule has 3 nitrogen and oxygen atoms in total. The molecule has 1 rings (SSSR count). The standard InChI is InChI=1S/C8H9NO2S/c9-5-8(10)11-6-3-1-2-4-7(6)12/h1-4,12H,5,9H2. The van der Waals surface area contributed by atoms with Crippen LogP contribution < -0.4 is 10.5 Å². The Labute approximate surface area is 75.9 Å². The summed E-state index contributed by atoms with van der Waals surface area (Å²) in [4.78, 5) is 11.4. The summed E-state index contributed by atoms with van der Waals surface area (Å²) in [5.74, 6) is -0.0206. The van der Waals surface area contributed by atoms with Crippen LogP contribution in [0.5, 0.6) is 5.75 Å². The normalized spacial score (nSPS) is 9.50. The number of hydrogen-bond acceptors (Lipinski definition) is 4. The van der Waals surface area contributed by atoms with E-state index in [1.165, 1.54) is 0 Å². The Hall–Kier alpha value is -1.00. The van der Waals surface area contributed by atoms with Crippen LogP contribution in [0.4, 0.5) is 0 Å². The molecular weight excluding hydrogens is 174 g/mol. The number of nitrogens with two attached hydrogens (primary N) is 1. The van der Waals surface area contributed by atoms with Gasteiger partial charge in [-0.3, -0.25) is 4.79 Å². The van der Waals surface area contributed by atoms with Gasteiger partial charge in [0.1, 0.15) is 5.75 Å². The monoisotopic (exact) mass is 183 g/mol. The van der Waals surface area contributed by atoms with Crippen LogP contribution in [0.1, 0.15) is 0 Å². The summed E-state index contributed by atoms with van der Waals surface area (Å²) >= 11 is 4.09. The molecule has 2 N–H and O–H groups in total. The maximum absolute atomic E-state index is 10.8. The average Bonchev–Trinajstić information content (AvgIpc) is 2.09. The fourth-order valence-corrected chi connectivity index (χ4v) is 0.914. The third-order valence-corrected chi connectivity index (χ3v) is 1.63. The van der Waals surface area contributed by atoms with Gasteiger partial charge in [-0.05, 0) is 12.1 Å². The van der Waals surface area contributed by atoms with Crippen molar-refractivity contribution < 1.29 is 9.53 Å². The third-order valence-electron chi connectivity index (χ3n) is 1.26. The quantitative estimate of drug-likeness (QED) is 0.406. The van der Waals surface area contributed by atoms with E-state index in [2.05, 4.69) is 12.6 Å². The zero-order valence-electron chi connectivity index (χ0n) is 6.36. The van der Waals surface area contributed by atoms with Crippen molar-refractivity contribution in [2.24, 2.45) is 5.73 Å². The third kappa shape index (κ3) is 2.25. The van der Waals surface area contributed by atoms with Crippen molar-refractivity contribution in [2.45, 2.75) is 4.90 Å². The molecule has 0 atom stereocenters. The highest BCUT2D eigenvalue weighted by Gasteiger charge is 2.03. The van der Waals surface area contributed by atoms with Gasteiger partial charge in [0.05, 0.1) is 6.54 Å². The molecule has 0 aliphatic carbocycles. The summed E-state index contributed by atoms with van der Waals surface area (Å²) in [5.41, 5.74) is 5.07. The Kier molecular flexibility index (Phi) is 3.13. The Morgan fingerprint density at radius 3 is 2.75 bits per heavy atom. The predicted molar refractivity (Wildman–Crippen MR) is 48.4 cm³/mol. The minimum atomic E-state index is -0.462. The van der Waals surface area contributed by atoms with Crippen LogP contribution in [0.3, 0.4) is 0 Å². The van der Waals surface area contributed by atoms with Crippen LogP contribution in [0.15, 0.2) is 29.2 Å². The van der Waals surface area contributed by atoms with Crippen LogP contribution >= 0.6 is 12.6 Å². The summed E-state index contributed by atoms with van der Waals surface area (Å²) in [5, 5.41) is 0. The van der Waals surface area contributed by atoms with Gasteiger partial charge in [-0.2, -0.15) is 0 Å². The van der Waals surface area contributed by atoms with E-state index in [0.717, 1.165) is 0 Å². The van der Waals surface area contributed by atoms with E-state index in [4.69, 9.17) is 10.5 Å². The SMILES string of the molecule is NCC(=O)Oc1ccccc1S. The van der Waals surface area contributed by atoms with E-state index < -0.39 is 5.97 Å². The van der Waals surface area contributed by atoms with E-state index in [1.807, 2.05) is 6.07 Å². The zero-order chi connectivity index (χ0) is 8.97. The molecule has 12 heavy (non-hydrogen) atoms. The molecule has 0 fully saturated rings. The Morgan fingerprint density at radius 1 is 1.50 bits per heavy atom. The molecule has 0 unspecified atom stereocenters. The molecule has 1 aromatic rings. The van der Waals surface area contributed by atoms with Gasteiger partial charge in [0.2, 0.25) is 0 Å². The van der Waals surface area contributed by atoms with Crippen molar-refractivity contribution in [3.8, 4) is 5.75 Å². The number of ether oxygens (including phenoxy) is 1. The lowest BCUT2D eigenvalue weighted by molar-refractivity contribution is -0.132. The van der Waals surface area contributed by atoms with Gasteiger partial charge in [0, 0.05) is 4.90 Å². The molecule has 64 valence electrons. The van der Waals surface area contributed by atoms with Crippen molar-refractivity contribution >= 4 is 18.6 Å². The van der Waals surface area contributed by atoms with Crippen LogP contribution in [0.2, 0.25) is 0 Å². The smallest absolute Gasteiger partial charge is 0.325 e. The fraction of sp³-hybridized carbons (Fsp3) is 0.125. The predicted octanol–water partition coefficient (Wildman–Crippen LogP) is 0.839. The maximum Gasteiger partial charge on any atom is 0.325 e. The van der Waals surface area contributed by atoms with Crippen LogP contribution in [-0.4, -0.2) is 12.5 Å². The number of hydrogen-bond donors (Lipinski definition) is 2. The molecule has 0 aliphatic heterocycles. The first-order valence-corrected chi connectivity index (χ1v) is 3.87. The number of para-hydroxylation sites is 1. The molecule has 0 amide bonds. The van der Waals surface area contributed by atoms with Gasteiger partial charge in [0.15, 0.2) is 0 Å². The lowest BCUT2D eigenvalue weighted by Gasteiger charge is -2.03. The summed E-state index contributed by atoms with van der Waals surface area (Å²) in [6, 6.07) is 6.97. The van der Waals surface area contributed by atoms with Gasteiger partial charge in [-0.25, -0.2) is 0 Å². The molecule has 0 radical (unpaired) electrons. The highest BCUT2D eigenvalue weighted by atomic mass is 32.1. The highest BCUT2D eigenvalue weighted by molar-refractivity contribution is 7.80. The summed E-state index contributed by atoms with van der Waals surface area (Å²) in [6.07, 6.45) is 0. The van der Waals surface area contributed by atoms with Crippen LogP contribution in [0.25, 0.3) is 0 Å². The zero-order valence-corrected chi connectivity index (χ0v) is 7.25. The van der Waals surface area contributed by atoms with Crippen molar-refractivity contribution in [1.29, 1.82) is 0 Å². The molecule has 0 aliphatic rings. The van der Waals surface area contributed by atoms with Crippen molar-refractivity contribution in [1.82, 2.24) is 0 Å². The second-order valence-electron chi connectivity index (χ2n) is 2.15. The highest BCUT2D eigenvalue weighted by Crippen LogP contribution is 2.20. The molecule has 0 spiro atoms. The van der Waals surface area contributed by atoms with Crippen molar-refractivity contribution in [3.63, 3.8) is 0 Å². The van der Waals surface area contributed by atoms with Gasteiger partial charge in [0.25, 0.3) is 0 Å². The van der Waals surface area contributed by atoms with Crippen LogP contribution in [-0.2, 0) is 4.79 Å². The summed E-state index contributed by atoms with van der Waals surface area (Å²) in [7, 11) is 0. The van der Waals surface area contributed by atoms with E-state index in [9.17, 15) is 4.79 Å². The second-order valence-corrected chi connectivity index (χ2v) is 2.63. The van der Waals surface area contributed by atoms with E-state index in [1.54, 1.807) is 18.2 Å². The number of carbonyl (C=O) groups is 1. The Bertz CT molecular complexity index is 288. The molecule has 0 heterocycles. The van der Waals surface area contributed by atoms with Crippen molar-refractivity contribution in [2.75, 3.05) is 6.54 Å². The number of thiol groups is 1. The Balaban J connectivity index is 2.75. The maximum atomic E-state index is 10.8. The lowest BCUT2D eigenvalue weighted by Crippen LogP contribution is -2.19. The number of benzene rings is 1. The average molecular weight is 183 g/mol. The topological polar surface area (TPSA) is 52.3 Å². The first kappa shape index (κ1) is 9.09. The van der Waals surface area contributed by atoms with Gasteiger partial charge >= 0.3 is 5.97 Å². The molecular formula is C8H9NO2S. The molecule has 1 aromatic carbocycles. The van der Waals surface area contributed by atoms with Crippen LogP contribution in [0, 0.1) is 0 Å². The molecule has 4 heteroatoms. The van der Waals surface area contributed by atoms with Gasteiger partial charge in [-0.15, -0.1) is 12.6 Å². The minimum Gasteiger partial charge on any atom is -0.424 e. The number of rotatable bonds is 2. The molecule has 0 saturated heterocycles. The van der Waals surface area contributed by atoms with Gasteiger partial charge in [-0.1, -0.05) is 12.1 Å². The first-order chi connectivity index (χ1) is 5.74. The second kappa shape index (κ2) is 4.13. The lowest BCUT2D eigenvalue weighted by atomic mass is 10.3. The summed E-state index contributed by atoms with van der Waals surface area (Å²) < 4.78 is 4.85. The fourth-order valence-electron chi connectivity index (χ4n) is 0.708. The van der Waals surface area contributed by atoms with E-state index >= 15 is 0 Å². The number of esters is 1. The number of carbonyl (C=O) groups excluding carboxylic acids is 1. The van der Waals surface area contributed by atoms with E-state index in [0.29, 0.717) is 10.6 Å². The Morgan fingerprint density at radius 2 is 2.17 bits per heavy atom.